The Balaban J connectivity index is 1.24. The number of hydrogen-bond acceptors (Lipinski definition) is 7. The van der Waals surface area contributed by atoms with Gasteiger partial charge in [-0.2, -0.15) is 0 Å². The number of sulfonamides is 1. The minimum Gasteiger partial charge on any atom is -0.449 e. The third-order valence-electron chi connectivity index (χ3n) is 5.78. The van der Waals surface area contributed by atoms with Crippen molar-refractivity contribution in [1.29, 1.82) is 0 Å². The van der Waals surface area contributed by atoms with E-state index in [1.54, 1.807) is 36.4 Å². The molecule has 0 bridgehead atoms. The molecule has 0 fully saturated rings. The Bertz CT molecular complexity index is 1720. The first-order valence-corrected chi connectivity index (χ1v) is 13.4. The van der Waals surface area contributed by atoms with Crippen LogP contribution in [0.1, 0.15) is 17.3 Å². The van der Waals surface area contributed by atoms with E-state index in [1.807, 2.05) is 24.3 Å². The number of benzene rings is 3. The summed E-state index contributed by atoms with van der Waals surface area (Å²) in [4.78, 5) is 37.4. The van der Waals surface area contributed by atoms with E-state index in [0.29, 0.717) is 17.1 Å². The largest absolute Gasteiger partial charge is 0.449 e. The zero-order valence-electron chi connectivity index (χ0n) is 20.7. The molecule has 0 aliphatic heterocycles. The Morgan fingerprint density at radius 1 is 0.897 bits per heavy atom. The number of aromatic nitrogens is 3. The van der Waals surface area contributed by atoms with Crippen molar-refractivity contribution in [2.45, 2.75) is 17.9 Å². The Hall–Kier alpha value is -5.03. The summed E-state index contributed by atoms with van der Waals surface area (Å²) in [7, 11) is -3.86. The number of fused-ring (bicyclic) bond motifs is 1. The van der Waals surface area contributed by atoms with Gasteiger partial charge in [0.15, 0.2) is 6.10 Å². The molecule has 0 saturated carbocycles. The fraction of sp³-hybridized carbons (Fsp3) is 0.0714. The number of H-pyrrole nitrogens is 1. The van der Waals surface area contributed by atoms with Gasteiger partial charge in [0.25, 0.3) is 15.9 Å². The molecule has 2 aromatic heterocycles. The molecule has 3 N–H and O–H groups in total. The van der Waals surface area contributed by atoms with Crippen LogP contribution >= 0.6 is 0 Å². The molecule has 3 aromatic carbocycles. The summed E-state index contributed by atoms with van der Waals surface area (Å²) in [6.45, 7) is 1.45. The van der Waals surface area contributed by atoms with Crippen molar-refractivity contribution in [2.24, 2.45) is 0 Å². The number of imidazole rings is 1. The Kier molecular flexibility index (Phi) is 7.06. The predicted octanol–water partition coefficient (Wildman–Crippen LogP) is 4.61. The van der Waals surface area contributed by atoms with Crippen LogP contribution in [0.5, 0.6) is 0 Å². The second-order valence-corrected chi connectivity index (χ2v) is 10.2. The summed E-state index contributed by atoms with van der Waals surface area (Å²) in [5, 5.41) is 2.63. The lowest BCUT2D eigenvalue weighted by Gasteiger charge is -2.15. The van der Waals surface area contributed by atoms with Crippen LogP contribution in [-0.2, 0) is 19.6 Å². The maximum absolute atomic E-state index is 13.0. The van der Waals surface area contributed by atoms with Crippen LogP contribution in [0, 0.1) is 0 Å². The number of ether oxygens (including phenoxy) is 1. The molecule has 0 spiro atoms. The molecular formula is C28H23N5O5S. The third kappa shape index (κ3) is 5.78. The van der Waals surface area contributed by atoms with Gasteiger partial charge in [0.05, 0.1) is 21.5 Å². The van der Waals surface area contributed by atoms with Crippen molar-refractivity contribution in [3.8, 4) is 11.4 Å². The molecule has 5 rings (SSSR count). The number of para-hydroxylation sites is 2. The number of anilines is 2. The van der Waals surface area contributed by atoms with Crippen molar-refractivity contribution in [3.05, 3.63) is 103 Å². The highest BCUT2D eigenvalue weighted by molar-refractivity contribution is 7.92. The number of esters is 1. The molecule has 1 atom stereocenters. The summed E-state index contributed by atoms with van der Waals surface area (Å²) in [6.07, 6.45) is 0.345. The summed E-state index contributed by atoms with van der Waals surface area (Å²) in [5.74, 6) is -0.566. The van der Waals surface area contributed by atoms with Gasteiger partial charge < -0.3 is 15.0 Å². The summed E-state index contributed by atoms with van der Waals surface area (Å²) in [5.41, 5.74) is 2.72. The van der Waals surface area contributed by atoms with Gasteiger partial charge in [0.2, 0.25) is 0 Å². The van der Waals surface area contributed by atoms with Gasteiger partial charge in [-0.05, 0) is 61.5 Å². The number of rotatable bonds is 8. The molecular weight excluding hydrogens is 518 g/mol. The molecule has 0 radical (unpaired) electrons. The van der Waals surface area contributed by atoms with Gasteiger partial charge in [0.1, 0.15) is 11.6 Å². The van der Waals surface area contributed by atoms with Crippen molar-refractivity contribution in [2.75, 3.05) is 10.0 Å². The minimum absolute atomic E-state index is 0.00665. The van der Waals surface area contributed by atoms with Gasteiger partial charge in [-0.25, -0.2) is 23.2 Å². The molecule has 0 aliphatic rings. The van der Waals surface area contributed by atoms with Gasteiger partial charge in [-0.15, -0.1) is 0 Å². The number of hydrogen-bond donors (Lipinski definition) is 3. The molecule has 10 nitrogen and oxygen atoms in total. The fourth-order valence-electron chi connectivity index (χ4n) is 3.81. The van der Waals surface area contributed by atoms with E-state index in [2.05, 4.69) is 25.0 Å². The lowest BCUT2D eigenvalue weighted by Crippen LogP contribution is -2.30. The van der Waals surface area contributed by atoms with E-state index in [1.165, 1.54) is 43.5 Å². The monoisotopic (exact) mass is 541 g/mol. The fourth-order valence-corrected chi connectivity index (χ4v) is 4.81. The van der Waals surface area contributed by atoms with E-state index in [9.17, 15) is 18.0 Å². The third-order valence-corrected chi connectivity index (χ3v) is 7.15. The van der Waals surface area contributed by atoms with Crippen molar-refractivity contribution < 1.29 is 22.7 Å². The van der Waals surface area contributed by atoms with Gasteiger partial charge in [-0.1, -0.05) is 36.4 Å². The Morgan fingerprint density at radius 3 is 2.36 bits per heavy atom. The SMILES string of the molecule is CC(OC(=O)c1ccccc1-c1nc2ccccc2[nH]1)C(=O)Nc1ccc(S(=O)(=O)Nc2ccccn2)cc1. The number of amides is 1. The van der Waals surface area contributed by atoms with Crippen LogP contribution in [0.2, 0.25) is 0 Å². The van der Waals surface area contributed by atoms with Crippen LogP contribution in [-0.4, -0.2) is 41.4 Å². The van der Waals surface area contributed by atoms with Crippen molar-refractivity contribution >= 4 is 44.4 Å². The van der Waals surface area contributed by atoms with Gasteiger partial charge in [0, 0.05) is 17.4 Å². The van der Waals surface area contributed by atoms with Gasteiger partial charge in [-0.3, -0.25) is 9.52 Å². The first-order valence-electron chi connectivity index (χ1n) is 11.9. The number of aromatic amines is 1. The number of pyridine rings is 1. The molecule has 1 amide bonds. The normalized spacial score (nSPS) is 12.0. The Morgan fingerprint density at radius 2 is 1.62 bits per heavy atom. The zero-order valence-corrected chi connectivity index (χ0v) is 21.5. The average molecular weight is 542 g/mol. The molecule has 0 aliphatic carbocycles. The summed E-state index contributed by atoms with van der Waals surface area (Å²) >= 11 is 0. The van der Waals surface area contributed by atoms with Crippen LogP contribution in [0.3, 0.4) is 0 Å². The molecule has 39 heavy (non-hydrogen) atoms. The maximum Gasteiger partial charge on any atom is 0.339 e. The van der Waals surface area contributed by atoms with E-state index in [4.69, 9.17) is 4.74 Å². The first-order chi connectivity index (χ1) is 18.8. The smallest absolute Gasteiger partial charge is 0.339 e. The Labute approximate surface area is 224 Å². The number of nitrogens with one attached hydrogen (secondary N) is 3. The molecule has 5 aromatic rings. The summed E-state index contributed by atoms with van der Waals surface area (Å²) < 4.78 is 33.0. The minimum atomic E-state index is -3.86. The molecule has 196 valence electrons. The van der Waals surface area contributed by atoms with E-state index < -0.39 is 28.0 Å². The number of nitrogens with zero attached hydrogens (tertiary/aromatic N) is 2. The first kappa shape index (κ1) is 25.6. The second kappa shape index (κ2) is 10.8. The predicted molar refractivity (Wildman–Crippen MR) is 147 cm³/mol. The second-order valence-electron chi connectivity index (χ2n) is 8.53. The van der Waals surface area contributed by atoms with Crippen molar-refractivity contribution in [3.63, 3.8) is 0 Å². The molecule has 11 heteroatoms. The van der Waals surface area contributed by atoms with Crippen molar-refractivity contribution in [1.82, 2.24) is 15.0 Å². The van der Waals surface area contributed by atoms with Crippen LogP contribution in [0.25, 0.3) is 22.4 Å². The highest BCUT2D eigenvalue weighted by Gasteiger charge is 2.23. The van der Waals surface area contributed by atoms with Crippen LogP contribution in [0.15, 0.2) is 102 Å². The van der Waals surface area contributed by atoms with Crippen LogP contribution < -0.4 is 10.0 Å². The van der Waals surface area contributed by atoms with E-state index in [0.717, 1.165) is 11.0 Å². The zero-order chi connectivity index (χ0) is 27.4. The average Bonchev–Trinajstić information content (AvgIpc) is 3.38. The number of carbonyl (C=O) groups excluding carboxylic acids is 2. The molecule has 0 saturated heterocycles. The lowest BCUT2D eigenvalue weighted by atomic mass is 10.1. The maximum atomic E-state index is 13.0. The topological polar surface area (TPSA) is 143 Å². The molecule has 2 heterocycles. The standard InChI is InChI=1S/C28H23N5O5S/c1-18(27(34)30-19-13-15-20(16-14-19)39(36,37)33-25-12-6-7-17-29-25)38-28(35)22-9-3-2-8-21(22)26-31-23-10-4-5-11-24(23)32-26/h2-18H,1H3,(H,29,33)(H,30,34)(H,31,32). The summed E-state index contributed by atoms with van der Waals surface area (Å²) in [6, 6.07) is 24.8. The van der Waals surface area contributed by atoms with E-state index >= 15 is 0 Å². The quantitative estimate of drug-likeness (QED) is 0.243. The highest BCUT2D eigenvalue weighted by Crippen LogP contribution is 2.25. The van der Waals surface area contributed by atoms with Crippen LogP contribution in [0.4, 0.5) is 11.5 Å². The van der Waals surface area contributed by atoms with Gasteiger partial charge >= 0.3 is 5.97 Å². The van der Waals surface area contributed by atoms with E-state index in [-0.39, 0.29) is 16.3 Å². The lowest BCUT2D eigenvalue weighted by molar-refractivity contribution is -0.123. The highest BCUT2D eigenvalue weighted by atomic mass is 32.2. The molecule has 1 unspecified atom stereocenters. The number of carbonyl (C=O) groups is 2.